The van der Waals surface area contributed by atoms with Crippen molar-refractivity contribution >= 4 is 17.5 Å². The third-order valence-electron chi connectivity index (χ3n) is 2.86. The van der Waals surface area contributed by atoms with Crippen LogP contribution in [0.25, 0.3) is 0 Å². The number of anilines is 1. The zero-order valence-electron chi connectivity index (χ0n) is 13.1. The first-order valence-electron chi connectivity index (χ1n) is 6.70. The number of hydrogen-bond donors (Lipinski definition) is 2. The monoisotopic (exact) mass is 294 g/mol. The summed E-state index contributed by atoms with van der Waals surface area (Å²) in [6, 6.07) is 3.36. The molecule has 1 aromatic rings. The zero-order chi connectivity index (χ0) is 16.0. The second kappa shape index (κ2) is 7.52. The molecular formula is C15H22N2O4. The highest BCUT2D eigenvalue weighted by Crippen LogP contribution is 2.32. The predicted molar refractivity (Wildman–Crippen MR) is 80.8 cm³/mol. The molecule has 0 aromatic heterocycles. The van der Waals surface area contributed by atoms with Gasteiger partial charge in [0, 0.05) is 18.3 Å². The van der Waals surface area contributed by atoms with E-state index in [1.54, 1.807) is 12.1 Å². The third-order valence-corrected chi connectivity index (χ3v) is 2.86. The quantitative estimate of drug-likeness (QED) is 0.811. The van der Waals surface area contributed by atoms with E-state index in [4.69, 9.17) is 9.47 Å². The van der Waals surface area contributed by atoms with E-state index >= 15 is 0 Å². The van der Waals surface area contributed by atoms with Gasteiger partial charge in [-0.15, -0.1) is 0 Å². The molecule has 0 unspecified atom stereocenters. The number of benzene rings is 1. The number of hydrogen-bond acceptors (Lipinski definition) is 4. The SMILES string of the molecule is COc1cc(C)c(NC(=O)C(=O)NCC(C)C)cc1OC. The number of carbonyl (C=O) groups is 2. The van der Waals surface area contributed by atoms with Gasteiger partial charge in [0.2, 0.25) is 0 Å². The van der Waals surface area contributed by atoms with Crippen molar-refractivity contribution in [2.75, 3.05) is 26.1 Å². The van der Waals surface area contributed by atoms with Crippen LogP contribution >= 0.6 is 0 Å². The summed E-state index contributed by atoms with van der Waals surface area (Å²) >= 11 is 0. The Bertz CT molecular complexity index is 527. The number of nitrogens with one attached hydrogen (secondary N) is 2. The van der Waals surface area contributed by atoms with E-state index in [0.717, 1.165) is 5.56 Å². The summed E-state index contributed by atoms with van der Waals surface area (Å²) in [5, 5.41) is 5.14. The average molecular weight is 294 g/mol. The van der Waals surface area contributed by atoms with Crippen molar-refractivity contribution in [1.29, 1.82) is 0 Å². The molecule has 0 aliphatic heterocycles. The maximum Gasteiger partial charge on any atom is 0.313 e. The van der Waals surface area contributed by atoms with Gasteiger partial charge in [-0.05, 0) is 24.5 Å². The second-order valence-electron chi connectivity index (χ2n) is 5.08. The van der Waals surface area contributed by atoms with Crippen molar-refractivity contribution in [1.82, 2.24) is 5.32 Å². The molecule has 0 aliphatic carbocycles. The van der Waals surface area contributed by atoms with Crippen LogP contribution in [0.4, 0.5) is 5.69 Å². The standard InChI is InChI=1S/C15H22N2O4/c1-9(2)8-16-14(18)15(19)17-11-7-13(21-5)12(20-4)6-10(11)3/h6-7,9H,8H2,1-5H3,(H,16,18)(H,17,19). The van der Waals surface area contributed by atoms with E-state index in [-0.39, 0.29) is 5.92 Å². The van der Waals surface area contributed by atoms with E-state index in [9.17, 15) is 9.59 Å². The Hall–Kier alpha value is -2.24. The van der Waals surface area contributed by atoms with Crippen molar-refractivity contribution in [3.8, 4) is 11.5 Å². The summed E-state index contributed by atoms with van der Waals surface area (Å²) in [5.41, 5.74) is 1.29. The van der Waals surface area contributed by atoms with Gasteiger partial charge in [0.25, 0.3) is 0 Å². The van der Waals surface area contributed by atoms with Crippen molar-refractivity contribution in [2.24, 2.45) is 5.92 Å². The number of aryl methyl sites for hydroxylation is 1. The fraction of sp³-hybridized carbons (Fsp3) is 0.467. The van der Waals surface area contributed by atoms with Crippen molar-refractivity contribution in [3.05, 3.63) is 17.7 Å². The Balaban J connectivity index is 2.82. The summed E-state index contributed by atoms with van der Waals surface area (Å²) in [5.74, 6) is -0.0216. The van der Waals surface area contributed by atoms with E-state index in [1.165, 1.54) is 14.2 Å². The molecular weight excluding hydrogens is 272 g/mol. The fourth-order valence-corrected chi connectivity index (χ4v) is 1.67. The Kier molecular flexibility index (Phi) is 6.02. The minimum absolute atomic E-state index is 0.282. The van der Waals surface area contributed by atoms with Crippen LogP contribution in [0.15, 0.2) is 12.1 Å². The first kappa shape index (κ1) is 16.8. The van der Waals surface area contributed by atoms with Crippen LogP contribution in [0, 0.1) is 12.8 Å². The van der Waals surface area contributed by atoms with Gasteiger partial charge in [0.1, 0.15) is 0 Å². The molecule has 2 N–H and O–H groups in total. The molecule has 6 nitrogen and oxygen atoms in total. The van der Waals surface area contributed by atoms with Crippen LogP contribution in [0.1, 0.15) is 19.4 Å². The van der Waals surface area contributed by atoms with Gasteiger partial charge in [0.05, 0.1) is 14.2 Å². The first-order valence-corrected chi connectivity index (χ1v) is 6.70. The minimum Gasteiger partial charge on any atom is -0.493 e. The largest absolute Gasteiger partial charge is 0.493 e. The van der Waals surface area contributed by atoms with Gasteiger partial charge in [-0.2, -0.15) is 0 Å². The molecule has 21 heavy (non-hydrogen) atoms. The molecule has 0 saturated carbocycles. The highest BCUT2D eigenvalue weighted by atomic mass is 16.5. The summed E-state index contributed by atoms with van der Waals surface area (Å²) in [6.07, 6.45) is 0. The fourth-order valence-electron chi connectivity index (χ4n) is 1.67. The normalized spacial score (nSPS) is 10.2. The number of rotatable bonds is 5. The van der Waals surface area contributed by atoms with Gasteiger partial charge >= 0.3 is 11.8 Å². The third kappa shape index (κ3) is 4.66. The maximum absolute atomic E-state index is 11.8. The number of methoxy groups -OCH3 is 2. The topological polar surface area (TPSA) is 76.7 Å². The summed E-state index contributed by atoms with van der Waals surface area (Å²) in [6.45, 7) is 6.17. The van der Waals surface area contributed by atoms with E-state index in [0.29, 0.717) is 23.7 Å². The molecule has 0 atom stereocenters. The van der Waals surface area contributed by atoms with Crippen LogP contribution in [0.3, 0.4) is 0 Å². The lowest BCUT2D eigenvalue weighted by Gasteiger charge is -2.13. The van der Waals surface area contributed by atoms with Crippen LogP contribution in [-0.2, 0) is 9.59 Å². The molecule has 1 aromatic carbocycles. The average Bonchev–Trinajstić information content (AvgIpc) is 2.45. The van der Waals surface area contributed by atoms with E-state index in [2.05, 4.69) is 10.6 Å². The summed E-state index contributed by atoms with van der Waals surface area (Å²) in [7, 11) is 3.04. The lowest BCUT2D eigenvalue weighted by molar-refractivity contribution is -0.136. The van der Waals surface area contributed by atoms with Gasteiger partial charge in [-0.3, -0.25) is 9.59 Å². The Morgan fingerprint density at radius 3 is 2.19 bits per heavy atom. The molecule has 0 radical (unpaired) electrons. The molecule has 2 amide bonds. The molecule has 0 fully saturated rings. The van der Waals surface area contributed by atoms with Crippen LogP contribution in [0.5, 0.6) is 11.5 Å². The van der Waals surface area contributed by atoms with Crippen LogP contribution in [0.2, 0.25) is 0 Å². The van der Waals surface area contributed by atoms with Crippen LogP contribution < -0.4 is 20.1 Å². The number of amides is 2. The highest BCUT2D eigenvalue weighted by molar-refractivity contribution is 6.39. The maximum atomic E-state index is 11.8. The molecule has 0 aliphatic rings. The highest BCUT2D eigenvalue weighted by Gasteiger charge is 2.16. The molecule has 6 heteroatoms. The number of ether oxygens (including phenoxy) is 2. The number of carbonyl (C=O) groups excluding carboxylic acids is 2. The lowest BCUT2D eigenvalue weighted by atomic mass is 10.1. The smallest absolute Gasteiger partial charge is 0.313 e. The first-order chi connectivity index (χ1) is 9.88. The predicted octanol–water partition coefficient (Wildman–Crippen LogP) is 1.72. The van der Waals surface area contributed by atoms with Crippen molar-refractivity contribution in [2.45, 2.75) is 20.8 Å². The molecule has 0 bridgehead atoms. The van der Waals surface area contributed by atoms with Gasteiger partial charge in [0.15, 0.2) is 11.5 Å². The Labute approximate surface area is 124 Å². The Morgan fingerprint density at radius 2 is 1.67 bits per heavy atom. The zero-order valence-corrected chi connectivity index (χ0v) is 13.1. The van der Waals surface area contributed by atoms with Gasteiger partial charge < -0.3 is 20.1 Å². The minimum atomic E-state index is -0.703. The summed E-state index contributed by atoms with van der Waals surface area (Å²) in [4.78, 5) is 23.5. The van der Waals surface area contributed by atoms with Gasteiger partial charge in [-0.25, -0.2) is 0 Å². The molecule has 116 valence electrons. The molecule has 0 spiro atoms. The molecule has 0 heterocycles. The molecule has 0 saturated heterocycles. The molecule has 1 rings (SSSR count). The summed E-state index contributed by atoms with van der Waals surface area (Å²) < 4.78 is 10.3. The Morgan fingerprint density at radius 1 is 1.10 bits per heavy atom. The van der Waals surface area contributed by atoms with Crippen molar-refractivity contribution < 1.29 is 19.1 Å². The van der Waals surface area contributed by atoms with Crippen molar-refractivity contribution in [3.63, 3.8) is 0 Å². The second-order valence-corrected chi connectivity index (χ2v) is 5.08. The van der Waals surface area contributed by atoms with E-state index in [1.807, 2.05) is 20.8 Å². The van der Waals surface area contributed by atoms with Crippen LogP contribution in [-0.4, -0.2) is 32.6 Å². The lowest BCUT2D eigenvalue weighted by Crippen LogP contribution is -2.37. The van der Waals surface area contributed by atoms with Gasteiger partial charge in [-0.1, -0.05) is 13.8 Å². The van der Waals surface area contributed by atoms with E-state index < -0.39 is 11.8 Å².